The van der Waals surface area contributed by atoms with Gasteiger partial charge in [0, 0.05) is 37.3 Å². The van der Waals surface area contributed by atoms with Crippen LogP contribution in [-0.4, -0.2) is 54.3 Å². The van der Waals surface area contributed by atoms with E-state index in [1.54, 1.807) is 24.3 Å². The Bertz CT molecular complexity index is 766. The first-order chi connectivity index (χ1) is 13.1. The van der Waals surface area contributed by atoms with Gasteiger partial charge in [0.2, 0.25) is 0 Å². The molecule has 2 aromatic rings. The molecule has 0 aromatic heterocycles. The number of rotatable bonds is 5. The molecule has 1 aliphatic heterocycles. The number of likely N-dealkylation sites (N-methyl/N-ethyl adjacent to an activating group) is 1. The first-order valence-electron chi connectivity index (χ1n) is 9.56. The monoisotopic (exact) mass is 365 g/mol. The molecule has 1 heterocycles. The van der Waals surface area contributed by atoms with Gasteiger partial charge in [-0.3, -0.25) is 9.59 Å². The van der Waals surface area contributed by atoms with E-state index in [0.29, 0.717) is 11.1 Å². The second-order valence-electron chi connectivity index (χ2n) is 6.91. The third-order valence-corrected chi connectivity index (χ3v) is 5.15. The fraction of sp³-hybridized carbons (Fsp3) is 0.364. The van der Waals surface area contributed by atoms with Crippen molar-refractivity contribution in [1.29, 1.82) is 0 Å². The van der Waals surface area contributed by atoms with E-state index in [1.807, 2.05) is 42.2 Å². The molecule has 5 nitrogen and oxygen atoms in total. The molecule has 2 aromatic carbocycles. The number of hydrogen-bond acceptors (Lipinski definition) is 3. The largest absolute Gasteiger partial charge is 0.346 e. The van der Waals surface area contributed by atoms with Crippen molar-refractivity contribution < 1.29 is 9.59 Å². The molecule has 0 saturated carbocycles. The summed E-state index contributed by atoms with van der Waals surface area (Å²) in [5, 5.41) is 3.00. The Hall–Kier alpha value is -2.66. The molecule has 0 aliphatic carbocycles. The highest BCUT2D eigenvalue weighted by molar-refractivity contribution is 5.98. The average molecular weight is 365 g/mol. The summed E-state index contributed by atoms with van der Waals surface area (Å²) in [6.07, 6.45) is 0. The maximum absolute atomic E-state index is 12.6. The van der Waals surface area contributed by atoms with Gasteiger partial charge in [0.05, 0.1) is 6.04 Å². The lowest BCUT2D eigenvalue weighted by atomic mass is 10.1. The van der Waals surface area contributed by atoms with Crippen LogP contribution in [0.2, 0.25) is 0 Å². The van der Waals surface area contributed by atoms with Crippen LogP contribution in [0.3, 0.4) is 0 Å². The molecule has 1 N–H and O–H groups in total. The van der Waals surface area contributed by atoms with E-state index in [2.05, 4.69) is 17.1 Å². The van der Waals surface area contributed by atoms with Crippen LogP contribution in [0.15, 0.2) is 54.6 Å². The van der Waals surface area contributed by atoms with E-state index in [4.69, 9.17) is 0 Å². The Morgan fingerprint density at radius 2 is 1.52 bits per heavy atom. The summed E-state index contributed by atoms with van der Waals surface area (Å²) in [7, 11) is 0. The van der Waals surface area contributed by atoms with Gasteiger partial charge in [-0.05, 0) is 43.3 Å². The standard InChI is InChI=1S/C22H27N3O2/c1-3-24-13-15-25(16-14-24)22(27)20-11-9-19(10-12-20)21(26)23-17(2)18-7-5-4-6-8-18/h4-12,17H,3,13-16H2,1-2H3,(H,23,26). The fourth-order valence-electron chi connectivity index (χ4n) is 3.32. The molecule has 0 spiro atoms. The summed E-state index contributed by atoms with van der Waals surface area (Å²) < 4.78 is 0. The van der Waals surface area contributed by atoms with Gasteiger partial charge in [0.15, 0.2) is 0 Å². The van der Waals surface area contributed by atoms with Crippen molar-refractivity contribution in [2.24, 2.45) is 0 Å². The van der Waals surface area contributed by atoms with Crippen molar-refractivity contribution >= 4 is 11.8 Å². The smallest absolute Gasteiger partial charge is 0.253 e. The zero-order chi connectivity index (χ0) is 19.2. The second-order valence-corrected chi connectivity index (χ2v) is 6.91. The van der Waals surface area contributed by atoms with E-state index in [9.17, 15) is 9.59 Å². The van der Waals surface area contributed by atoms with E-state index in [-0.39, 0.29) is 17.9 Å². The quantitative estimate of drug-likeness (QED) is 0.886. The van der Waals surface area contributed by atoms with Crippen LogP contribution in [0, 0.1) is 0 Å². The molecule has 1 unspecified atom stereocenters. The van der Waals surface area contributed by atoms with Crippen LogP contribution in [0.5, 0.6) is 0 Å². The van der Waals surface area contributed by atoms with Crippen LogP contribution >= 0.6 is 0 Å². The Morgan fingerprint density at radius 3 is 2.11 bits per heavy atom. The zero-order valence-electron chi connectivity index (χ0n) is 16.0. The predicted molar refractivity (Wildman–Crippen MR) is 107 cm³/mol. The summed E-state index contributed by atoms with van der Waals surface area (Å²) in [6, 6.07) is 16.7. The molecule has 1 saturated heterocycles. The van der Waals surface area contributed by atoms with Crippen LogP contribution in [0.1, 0.15) is 46.2 Å². The highest BCUT2D eigenvalue weighted by Crippen LogP contribution is 2.14. The number of carbonyl (C=O) groups excluding carboxylic acids is 2. The van der Waals surface area contributed by atoms with E-state index in [1.165, 1.54) is 0 Å². The molecule has 0 bridgehead atoms. The minimum absolute atomic E-state index is 0.0374. The number of amides is 2. The Labute approximate surface area is 161 Å². The van der Waals surface area contributed by atoms with Crippen molar-refractivity contribution in [3.05, 3.63) is 71.3 Å². The molecule has 2 amide bonds. The van der Waals surface area contributed by atoms with Crippen molar-refractivity contribution in [3.8, 4) is 0 Å². The zero-order valence-corrected chi connectivity index (χ0v) is 16.0. The topological polar surface area (TPSA) is 52.7 Å². The molecule has 1 aliphatic rings. The number of hydrogen-bond donors (Lipinski definition) is 1. The van der Waals surface area contributed by atoms with Gasteiger partial charge < -0.3 is 15.1 Å². The third-order valence-electron chi connectivity index (χ3n) is 5.15. The Balaban J connectivity index is 1.59. The first-order valence-corrected chi connectivity index (χ1v) is 9.56. The van der Waals surface area contributed by atoms with Gasteiger partial charge in [0.1, 0.15) is 0 Å². The normalized spacial score (nSPS) is 16.0. The van der Waals surface area contributed by atoms with E-state index >= 15 is 0 Å². The van der Waals surface area contributed by atoms with Gasteiger partial charge in [0.25, 0.3) is 11.8 Å². The average Bonchev–Trinajstić information content (AvgIpc) is 2.74. The minimum Gasteiger partial charge on any atom is -0.346 e. The van der Waals surface area contributed by atoms with Gasteiger partial charge in [-0.25, -0.2) is 0 Å². The highest BCUT2D eigenvalue weighted by atomic mass is 16.2. The van der Waals surface area contributed by atoms with Crippen molar-refractivity contribution in [2.45, 2.75) is 19.9 Å². The maximum Gasteiger partial charge on any atom is 0.253 e. The highest BCUT2D eigenvalue weighted by Gasteiger charge is 2.21. The molecule has 0 radical (unpaired) electrons. The Morgan fingerprint density at radius 1 is 0.926 bits per heavy atom. The third kappa shape index (κ3) is 4.74. The predicted octanol–water partition coefficient (Wildman–Crippen LogP) is 2.96. The van der Waals surface area contributed by atoms with Gasteiger partial charge in [-0.1, -0.05) is 37.3 Å². The van der Waals surface area contributed by atoms with Crippen LogP contribution in [0.25, 0.3) is 0 Å². The summed E-state index contributed by atoms with van der Waals surface area (Å²) in [4.78, 5) is 29.3. The Kier molecular flexibility index (Phi) is 6.24. The molecule has 3 rings (SSSR count). The summed E-state index contributed by atoms with van der Waals surface area (Å²) in [5.41, 5.74) is 2.25. The lowest BCUT2D eigenvalue weighted by Crippen LogP contribution is -2.48. The van der Waals surface area contributed by atoms with Gasteiger partial charge in [-0.15, -0.1) is 0 Å². The maximum atomic E-state index is 12.6. The van der Waals surface area contributed by atoms with Gasteiger partial charge in [-0.2, -0.15) is 0 Å². The summed E-state index contributed by atoms with van der Waals surface area (Å²) in [5.74, 6) is -0.0997. The van der Waals surface area contributed by atoms with E-state index in [0.717, 1.165) is 38.3 Å². The van der Waals surface area contributed by atoms with Crippen molar-refractivity contribution in [1.82, 2.24) is 15.1 Å². The lowest BCUT2D eigenvalue weighted by molar-refractivity contribution is 0.0643. The molecule has 5 heteroatoms. The van der Waals surface area contributed by atoms with Crippen LogP contribution < -0.4 is 5.32 Å². The van der Waals surface area contributed by atoms with Crippen LogP contribution in [0.4, 0.5) is 0 Å². The molecule has 1 fully saturated rings. The van der Waals surface area contributed by atoms with E-state index < -0.39 is 0 Å². The molecule has 142 valence electrons. The molecule has 1 atom stereocenters. The number of benzene rings is 2. The first kappa shape index (κ1) is 19.1. The minimum atomic E-state index is -0.137. The van der Waals surface area contributed by atoms with Crippen molar-refractivity contribution in [3.63, 3.8) is 0 Å². The summed E-state index contributed by atoms with van der Waals surface area (Å²) in [6.45, 7) is 8.46. The van der Waals surface area contributed by atoms with Gasteiger partial charge >= 0.3 is 0 Å². The fourth-order valence-corrected chi connectivity index (χ4v) is 3.32. The number of nitrogens with one attached hydrogen (secondary N) is 1. The lowest BCUT2D eigenvalue weighted by Gasteiger charge is -2.34. The van der Waals surface area contributed by atoms with Crippen LogP contribution in [-0.2, 0) is 0 Å². The SMILES string of the molecule is CCN1CCN(C(=O)c2ccc(C(=O)NC(C)c3ccccc3)cc2)CC1. The molecular weight excluding hydrogens is 338 g/mol. The molecular formula is C22H27N3O2. The second kappa shape index (κ2) is 8.82. The molecule has 27 heavy (non-hydrogen) atoms. The van der Waals surface area contributed by atoms with Crippen molar-refractivity contribution in [2.75, 3.05) is 32.7 Å². The number of piperazine rings is 1. The summed E-state index contributed by atoms with van der Waals surface area (Å²) >= 11 is 0. The number of nitrogens with zero attached hydrogens (tertiary/aromatic N) is 2. The number of carbonyl (C=O) groups is 2.